The highest BCUT2D eigenvalue weighted by atomic mass is 16.2. The van der Waals surface area contributed by atoms with Crippen molar-refractivity contribution in [2.75, 3.05) is 26.2 Å². The summed E-state index contributed by atoms with van der Waals surface area (Å²) in [6.07, 6.45) is 7.93. The molecule has 0 radical (unpaired) electrons. The lowest BCUT2D eigenvalue weighted by Gasteiger charge is -2.31. The Hall–Kier alpha value is -1.36. The van der Waals surface area contributed by atoms with Crippen molar-refractivity contribution in [1.82, 2.24) is 19.4 Å². The van der Waals surface area contributed by atoms with Crippen LogP contribution in [-0.4, -0.2) is 51.4 Å². The van der Waals surface area contributed by atoms with Crippen LogP contribution in [0.5, 0.6) is 0 Å². The Kier molecular flexibility index (Phi) is 6.43. The van der Waals surface area contributed by atoms with E-state index < -0.39 is 0 Å². The predicted molar refractivity (Wildman–Crippen MR) is 88.4 cm³/mol. The van der Waals surface area contributed by atoms with E-state index in [0.717, 1.165) is 51.4 Å². The first-order valence-corrected chi connectivity index (χ1v) is 8.56. The van der Waals surface area contributed by atoms with Gasteiger partial charge in [0.25, 0.3) is 0 Å². The van der Waals surface area contributed by atoms with Gasteiger partial charge in [-0.2, -0.15) is 0 Å². The molecule has 5 heteroatoms. The summed E-state index contributed by atoms with van der Waals surface area (Å²) in [5, 5.41) is 0. The summed E-state index contributed by atoms with van der Waals surface area (Å²) in [4.78, 5) is 21.2. The summed E-state index contributed by atoms with van der Waals surface area (Å²) in [6.45, 7) is 8.95. The van der Waals surface area contributed by atoms with Crippen LogP contribution in [0.2, 0.25) is 0 Å². The third-order valence-electron chi connectivity index (χ3n) is 4.48. The number of rotatable bonds is 7. The number of aromatic nitrogens is 2. The molecule has 1 atom stereocenters. The molecule has 5 nitrogen and oxygen atoms in total. The molecule has 2 rings (SSSR count). The maximum atomic E-state index is 12.4. The molecular weight excluding hydrogens is 276 g/mol. The monoisotopic (exact) mass is 306 g/mol. The minimum atomic E-state index is 0.312. The fourth-order valence-corrected chi connectivity index (χ4v) is 3.16. The van der Waals surface area contributed by atoms with Crippen LogP contribution in [0, 0.1) is 5.92 Å². The lowest BCUT2D eigenvalue weighted by Crippen LogP contribution is -2.40. The standard InChI is InChI=1S/C17H30N4O/c1-4-9-20(14-16-18-8-12-19(16)3)11-7-17(22)21-10-5-6-15(2)13-21/h8,12,15H,4-7,9-11,13-14H2,1-3H3/t15-/m1/s1. The van der Waals surface area contributed by atoms with Crippen LogP contribution in [-0.2, 0) is 18.4 Å². The van der Waals surface area contributed by atoms with Gasteiger partial charge in [-0.25, -0.2) is 4.98 Å². The number of piperidine rings is 1. The van der Waals surface area contributed by atoms with Gasteiger partial charge in [-0.1, -0.05) is 13.8 Å². The van der Waals surface area contributed by atoms with E-state index in [1.165, 1.54) is 6.42 Å². The highest BCUT2D eigenvalue weighted by Gasteiger charge is 2.21. The van der Waals surface area contributed by atoms with Gasteiger partial charge in [0.2, 0.25) is 5.91 Å². The molecule has 1 aromatic heterocycles. The van der Waals surface area contributed by atoms with Gasteiger partial charge in [0.1, 0.15) is 5.82 Å². The Bertz CT molecular complexity index is 471. The van der Waals surface area contributed by atoms with E-state index in [1.807, 2.05) is 19.4 Å². The SMILES string of the molecule is CCCN(CCC(=O)N1CCC[C@@H](C)C1)Cc1nccn1C. The largest absolute Gasteiger partial charge is 0.342 e. The van der Waals surface area contributed by atoms with Crippen molar-refractivity contribution in [1.29, 1.82) is 0 Å². The van der Waals surface area contributed by atoms with Crippen LogP contribution in [0.3, 0.4) is 0 Å². The molecule has 0 unspecified atom stereocenters. The number of nitrogens with zero attached hydrogens (tertiary/aromatic N) is 4. The Balaban J connectivity index is 1.83. The molecule has 0 aromatic carbocycles. The summed E-state index contributed by atoms with van der Waals surface area (Å²) in [5.41, 5.74) is 0. The summed E-state index contributed by atoms with van der Waals surface area (Å²) in [6, 6.07) is 0. The molecule has 1 amide bonds. The number of hydrogen-bond acceptors (Lipinski definition) is 3. The number of hydrogen-bond donors (Lipinski definition) is 0. The summed E-state index contributed by atoms with van der Waals surface area (Å²) in [5.74, 6) is 2.03. The molecule has 1 saturated heterocycles. The molecule has 0 aliphatic carbocycles. The average Bonchev–Trinajstić information content (AvgIpc) is 2.90. The normalized spacial score (nSPS) is 18.9. The number of imidazole rings is 1. The molecule has 1 aliphatic rings. The highest BCUT2D eigenvalue weighted by Crippen LogP contribution is 2.16. The zero-order valence-electron chi connectivity index (χ0n) is 14.3. The fourth-order valence-electron chi connectivity index (χ4n) is 3.16. The lowest BCUT2D eigenvalue weighted by atomic mass is 10.00. The van der Waals surface area contributed by atoms with Crippen molar-refractivity contribution in [3.63, 3.8) is 0 Å². The first kappa shape index (κ1) is 17.0. The molecule has 0 spiro atoms. The van der Waals surface area contributed by atoms with Gasteiger partial charge < -0.3 is 9.47 Å². The summed E-state index contributed by atoms with van der Waals surface area (Å²) in [7, 11) is 2.02. The summed E-state index contributed by atoms with van der Waals surface area (Å²) >= 11 is 0. The zero-order valence-corrected chi connectivity index (χ0v) is 14.3. The van der Waals surface area contributed by atoms with Gasteiger partial charge in [0, 0.05) is 45.5 Å². The van der Waals surface area contributed by atoms with Crippen LogP contribution >= 0.6 is 0 Å². The molecule has 124 valence electrons. The van der Waals surface area contributed by atoms with E-state index in [1.54, 1.807) is 0 Å². The van der Waals surface area contributed by atoms with Gasteiger partial charge >= 0.3 is 0 Å². The number of amides is 1. The van der Waals surface area contributed by atoms with Gasteiger partial charge in [-0.3, -0.25) is 9.69 Å². The van der Waals surface area contributed by atoms with E-state index in [9.17, 15) is 4.79 Å². The quantitative estimate of drug-likeness (QED) is 0.776. The molecular formula is C17H30N4O. The van der Waals surface area contributed by atoms with Crippen molar-refractivity contribution in [2.45, 2.75) is 46.1 Å². The minimum absolute atomic E-state index is 0.312. The lowest BCUT2D eigenvalue weighted by molar-refractivity contribution is -0.133. The predicted octanol–water partition coefficient (Wildman–Crippen LogP) is 2.28. The average molecular weight is 306 g/mol. The molecule has 0 bridgehead atoms. The van der Waals surface area contributed by atoms with Crippen LogP contribution in [0.4, 0.5) is 0 Å². The van der Waals surface area contributed by atoms with Crippen LogP contribution in [0.15, 0.2) is 12.4 Å². The topological polar surface area (TPSA) is 41.4 Å². The minimum Gasteiger partial charge on any atom is -0.342 e. The van der Waals surface area contributed by atoms with E-state index >= 15 is 0 Å². The van der Waals surface area contributed by atoms with Gasteiger partial charge in [0.15, 0.2) is 0 Å². The molecule has 22 heavy (non-hydrogen) atoms. The second-order valence-electron chi connectivity index (χ2n) is 6.57. The smallest absolute Gasteiger partial charge is 0.223 e. The van der Waals surface area contributed by atoms with Crippen LogP contribution in [0.1, 0.15) is 45.4 Å². The Morgan fingerprint density at radius 1 is 1.45 bits per heavy atom. The van der Waals surface area contributed by atoms with Crippen molar-refractivity contribution in [3.05, 3.63) is 18.2 Å². The number of carbonyl (C=O) groups is 1. The third kappa shape index (κ3) is 4.83. The molecule has 1 aromatic rings. The fraction of sp³-hybridized carbons (Fsp3) is 0.765. The van der Waals surface area contributed by atoms with Gasteiger partial charge in [0.05, 0.1) is 6.54 Å². The van der Waals surface area contributed by atoms with E-state index in [4.69, 9.17) is 0 Å². The maximum Gasteiger partial charge on any atom is 0.223 e. The molecule has 1 aliphatic heterocycles. The zero-order chi connectivity index (χ0) is 15.9. The van der Waals surface area contributed by atoms with Crippen molar-refractivity contribution in [3.8, 4) is 0 Å². The van der Waals surface area contributed by atoms with Crippen molar-refractivity contribution >= 4 is 5.91 Å². The third-order valence-corrected chi connectivity index (χ3v) is 4.48. The second kappa shape index (κ2) is 8.32. The number of likely N-dealkylation sites (tertiary alicyclic amines) is 1. The van der Waals surface area contributed by atoms with Crippen molar-refractivity contribution in [2.24, 2.45) is 13.0 Å². The second-order valence-corrected chi connectivity index (χ2v) is 6.57. The Labute approximate surface area is 134 Å². The number of carbonyl (C=O) groups excluding carboxylic acids is 1. The van der Waals surface area contributed by atoms with E-state index in [-0.39, 0.29) is 0 Å². The highest BCUT2D eigenvalue weighted by molar-refractivity contribution is 5.76. The van der Waals surface area contributed by atoms with Gasteiger partial charge in [-0.05, 0) is 31.7 Å². The molecule has 0 saturated carbocycles. The Morgan fingerprint density at radius 3 is 2.91 bits per heavy atom. The molecule has 2 heterocycles. The number of aryl methyl sites for hydroxylation is 1. The molecule has 1 fully saturated rings. The van der Waals surface area contributed by atoms with Crippen molar-refractivity contribution < 1.29 is 4.79 Å². The molecule has 0 N–H and O–H groups in total. The van der Waals surface area contributed by atoms with Crippen LogP contribution < -0.4 is 0 Å². The summed E-state index contributed by atoms with van der Waals surface area (Å²) < 4.78 is 2.05. The first-order chi connectivity index (χ1) is 10.6. The Morgan fingerprint density at radius 2 is 2.27 bits per heavy atom. The van der Waals surface area contributed by atoms with Crippen LogP contribution in [0.25, 0.3) is 0 Å². The maximum absolute atomic E-state index is 12.4. The first-order valence-electron chi connectivity index (χ1n) is 8.56. The van der Waals surface area contributed by atoms with E-state index in [2.05, 4.69) is 33.2 Å². The van der Waals surface area contributed by atoms with Gasteiger partial charge in [-0.15, -0.1) is 0 Å². The van der Waals surface area contributed by atoms with E-state index in [0.29, 0.717) is 18.2 Å².